The van der Waals surface area contributed by atoms with Crippen LogP contribution in [-0.2, 0) is 0 Å². The normalized spacial score (nSPS) is 16.8. The lowest BCUT2D eigenvalue weighted by atomic mass is 10.1. The van der Waals surface area contributed by atoms with Gasteiger partial charge in [0.1, 0.15) is 6.26 Å². The highest BCUT2D eigenvalue weighted by atomic mass is 16.4. The van der Waals surface area contributed by atoms with E-state index < -0.39 is 5.97 Å². The van der Waals surface area contributed by atoms with Gasteiger partial charge in [0.05, 0.1) is 0 Å². The van der Waals surface area contributed by atoms with E-state index in [0.29, 0.717) is 6.01 Å². The summed E-state index contributed by atoms with van der Waals surface area (Å²) < 4.78 is 5.10. The molecule has 0 bridgehead atoms. The maximum absolute atomic E-state index is 10.6. The van der Waals surface area contributed by atoms with Gasteiger partial charge in [-0.25, -0.2) is 4.79 Å². The van der Waals surface area contributed by atoms with E-state index in [1.54, 1.807) is 0 Å². The Bertz CT molecular complexity index is 387. The van der Waals surface area contributed by atoms with Crippen LogP contribution in [0, 0.1) is 0 Å². The summed E-state index contributed by atoms with van der Waals surface area (Å²) in [5.41, 5.74) is 1.17. The molecule has 5 heteroatoms. The third kappa shape index (κ3) is 2.01. The monoisotopic (exact) mass is 208 g/mol. The van der Waals surface area contributed by atoms with Gasteiger partial charge in [-0.1, -0.05) is 12.2 Å². The highest BCUT2D eigenvalue weighted by Crippen LogP contribution is 2.20. The van der Waals surface area contributed by atoms with E-state index in [2.05, 4.69) is 11.6 Å². The fourth-order valence-electron chi connectivity index (χ4n) is 1.52. The number of anilines is 1. The maximum Gasteiger partial charge on any atom is 0.357 e. The molecule has 0 atom stereocenters. The summed E-state index contributed by atoms with van der Waals surface area (Å²) in [6, 6.07) is 0.389. The molecule has 0 spiro atoms. The molecule has 1 aromatic heterocycles. The van der Waals surface area contributed by atoms with Crippen LogP contribution in [0.25, 0.3) is 0 Å². The van der Waals surface area contributed by atoms with E-state index in [1.807, 2.05) is 4.90 Å². The number of carbonyl (C=O) groups is 1. The van der Waals surface area contributed by atoms with Crippen molar-refractivity contribution < 1.29 is 14.3 Å². The van der Waals surface area contributed by atoms with Gasteiger partial charge in [0.25, 0.3) is 6.01 Å². The van der Waals surface area contributed by atoms with E-state index in [4.69, 9.17) is 9.52 Å². The van der Waals surface area contributed by atoms with Gasteiger partial charge in [-0.2, -0.15) is 4.98 Å². The van der Waals surface area contributed by atoms with Gasteiger partial charge >= 0.3 is 5.97 Å². The quantitative estimate of drug-likeness (QED) is 0.746. The minimum absolute atomic E-state index is 0.0469. The average Bonchev–Trinajstić information content (AvgIpc) is 2.68. The molecule has 0 amide bonds. The van der Waals surface area contributed by atoms with Gasteiger partial charge in [0.15, 0.2) is 5.69 Å². The van der Waals surface area contributed by atoms with Crippen molar-refractivity contribution in [3.8, 4) is 0 Å². The van der Waals surface area contributed by atoms with Crippen molar-refractivity contribution in [2.45, 2.75) is 12.8 Å². The standard InChI is InChI=1S/C10H12N2O3/c1-7-2-4-12(5-3-7)10-11-8(6-15-10)9(13)14/h6H,1-5H2,(H,13,14). The molecule has 1 aliphatic rings. The van der Waals surface area contributed by atoms with Crippen LogP contribution in [0.15, 0.2) is 22.8 Å². The van der Waals surface area contributed by atoms with E-state index in [9.17, 15) is 4.79 Å². The topological polar surface area (TPSA) is 66.6 Å². The summed E-state index contributed by atoms with van der Waals surface area (Å²) in [5.74, 6) is -1.06. The first kappa shape index (κ1) is 9.76. The smallest absolute Gasteiger partial charge is 0.357 e. The first-order valence-corrected chi connectivity index (χ1v) is 4.77. The Kier molecular flexibility index (Phi) is 2.45. The average molecular weight is 208 g/mol. The van der Waals surface area contributed by atoms with Gasteiger partial charge in [-0.3, -0.25) is 0 Å². The second-order valence-corrected chi connectivity index (χ2v) is 3.56. The van der Waals surface area contributed by atoms with E-state index in [1.165, 1.54) is 11.8 Å². The molecule has 1 N–H and O–H groups in total. The van der Waals surface area contributed by atoms with Crippen LogP contribution in [0.1, 0.15) is 23.3 Å². The Labute approximate surface area is 87.0 Å². The highest BCUT2D eigenvalue weighted by Gasteiger charge is 2.19. The van der Waals surface area contributed by atoms with Gasteiger partial charge in [0.2, 0.25) is 0 Å². The number of rotatable bonds is 2. The molecule has 2 rings (SSSR count). The van der Waals surface area contributed by atoms with Crippen molar-refractivity contribution in [3.05, 3.63) is 24.1 Å². The number of aromatic nitrogens is 1. The largest absolute Gasteiger partial charge is 0.476 e. The number of carboxylic acid groups (broad SMARTS) is 1. The molecule has 15 heavy (non-hydrogen) atoms. The third-order valence-corrected chi connectivity index (χ3v) is 2.45. The van der Waals surface area contributed by atoms with Gasteiger partial charge < -0.3 is 14.4 Å². The van der Waals surface area contributed by atoms with Crippen LogP contribution >= 0.6 is 0 Å². The first-order chi connectivity index (χ1) is 7.16. The van der Waals surface area contributed by atoms with Crippen LogP contribution in [-0.4, -0.2) is 29.1 Å². The predicted molar refractivity (Wildman–Crippen MR) is 54.0 cm³/mol. The van der Waals surface area contributed by atoms with E-state index in [-0.39, 0.29) is 5.69 Å². The number of nitrogens with zero attached hydrogens (tertiary/aromatic N) is 2. The molecule has 1 aromatic rings. The number of piperidine rings is 1. The SMILES string of the molecule is C=C1CCN(c2nc(C(=O)O)co2)CC1. The minimum atomic E-state index is -1.06. The van der Waals surface area contributed by atoms with Crippen molar-refractivity contribution in [1.29, 1.82) is 0 Å². The predicted octanol–water partition coefficient (Wildman–Crippen LogP) is 1.53. The maximum atomic E-state index is 10.6. The summed E-state index contributed by atoms with van der Waals surface area (Å²) in [6.45, 7) is 5.48. The molecule has 0 aromatic carbocycles. The lowest BCUT2D eigenvalue weighted by molar-refractivity contribution is 0.0690. The first-order valence-electron chi connectivity index (χ1n) is 4.77. The van der Waals surface area contributed by atoms with Crippen molar-refractivity contribution in [2.75, 3.05) is 18.0 Å². The zero-order chi connectivity index (χ0) is 10.8. The molecular weight excluding hydrogens is 196 g/mol. The second kappa shape index (κ2) is 3.76. The zero-order valence-electron chi connectivity index (χ0n) is 8.27. The molecule has 0 radical (unpaired) electrons. The Morgan fingerprint density at radius 2 is 2.20 bits per heavy atom. The molecule has 1 aliphatic heterocycles. The van der Waals surface area contributed by atoms with Crippen molar-refractivity contribution in [2.24, 2.45) is 0 Å². The van der Waals surface area contributed by atoms with Gasteiger partial charge in [-0.15, -0.1) is 0 Å². The molecule has 0 aliphatic carbocycles. The summed E-state index contributed by atoms with van der Waals surface area (Å²) in [5, 5.41) is 8.68. The molecule has 0 saturated carbocycles. The summed E-state index contributed by atoms with van der Waals surface area (Å²) in [6.07, 6.45) is 2.98. The van der Waals surface area contributed by atoms with Crippen LogP contribution in [0.5, 0.6) is 0 Å². The Morgan fingerprint density at radius 3 is 2.73 bits per heavy atom. The van der Waals surface area contributed by atoms with E-state index >= 15 is 0 Å². The highest BCUT2D eigenvalue weighted by molar-refractivity contribution is 5.85. The lowest BCUT2D eigenvalue weighted by Gasteiger charge is -2.26. The Hall–Kier alpha value is -1.78. The molecule has 2 heterocycles. The second-order valence-electron chi connectivity index (χ2n) is 3.56. The molecule has 0 unspecified atom stereocenters. The van der Waals surface area contributed by atoms with Crippen molar-refractivity contribution >= 4 is 12.0 Å². The van der Waals surface area contributed by atoms with Crippen LogP contribution in [0.2, 0.25) is 0 Å². The molecule has 1 saturated heterocycles. The van der Waals surface area contributed by atoms with Crippen molar-refractivity contribution in [3.63, 3.8) is 0 Å². The molecule has 5 nitrogen and oxygen atoms in total. The zero-order valence-corrected chi connectivity index (χ0v) is 8.27. The number of carboxylic acids is 1. The third-order valence-electron chi connectivity index (χ3n) is 2.45. The van der Waals surface area contributed by atoms with Crippen molar-refractivity contribution in [1.82, 2.24) is 4.98 Å². The number of aromatic carboxylic acids is 1. The van der Waals surface area contributed by atoms with Gasteiger partial charge in [-0.05, 0) is 12.8 Å². The number of oxazole rings is 1. The summed E-state index contributed by atoms with van der Waals surface area (Å²) in [4.78, 5) is 16.4. The summed E-state index contributed by atoms with van der Waals surface area (Å²) >= 11 is 0. The molecule has 1 fully saturated rings. The van der Waals surface area contributed by atoms with E-state index in [0.717, 1.165) is 25.9 Å². The Balaban J connectivity index is 2.09. The van der Waals surface area contributed by atoms with Crippen LogP contribution in [0.3, 0.4) is 0 Å². The number of hydrogen-bond acceptors (Lipinski definition) is 4. The minimum Gasteiger partial charge on any atom is -0.476 e. The van der Waals surface area contributed by atoms with Crippen LogP contribution in [0.4, 0.5) is 6.01 Å². The fraction of sp³-hybridized carbons (Fsp3) is 0.400. The molecule has 80 valence electrons. The number of hydrogen-bond donors (Lipinski definition) is 1. The lowest BCUT2D eigenvalue weighted by Crippen LogP contribution is -2.30. The summed E-state index contributed by atoms with van der Waals surface area (Å²) in [7, 11) is 0. The van der Waals surface area contributed by atoms with Gasteiger partial charge in [0, 0.05) is 13.1 Å². The fourth-order valence-corrected chi connectivity index (χ4v) is 1.52. The molecular formula is C10H12N2O3. The Morgan fingerprint density at radius 1 is 1.53 bits per heavy atom. The van der Waals surface area contributed by atoms with Crippen LogP contribution < -0.4 is 4.90 Å².